The summed E-state index contributed by atoms with van der Waals surface area (Å²) in [6.07, 6.45) is 0. The number of likely N-dealkylation sites (N-methyl/N-ethyl adjacent to an activating group) is 1. The predicted molar refractivity (Wildman–Crippen MR) is 128 cm³/mol. The van der Waals surface area contributed by atoms with Gasteiger partial charge in [0, 0.05) is 37.9 Å². The van der Waals surface area contributed by atoms with Crippen LogP contribution in [0.1, 0.15) is 19.6 Å². The Morgan fingerprint density at radius 2 is 1.82 bits per heavy atom. The molecule has 1 fully saturated rings. The predicted octanol–water partition coefficient (Wildman–Crippen LogP) is 2.01. The van der Waals surface area contributed by atoms with Crippen molar-refractivity contribution in [2.24, 2.45) is 0 Å². The summed E-state index contributed by atoms with van der Waals surface area (Å²) in [6, 6.07) is 7.75. The fraction of sp³-hybridized carbons (Fsp3) is 0.476. The normalized spacial score (nSPS) is 16.3. The van der Waals surface area contributed by atoms with Crippen LogP contribution in [-0.2, 0) is 19.6 Å². The lowest BCUT2D eigenvalue weighted by Gasteiger charge is -2.33. The van der Waals surface area contributed by atoms with E-state index in [9.17, 15) is 18.0 Å². The number of aromatic nitrogens is 1. The Bertz CT molecular complexity index is 1060. The zero-order valence-electron chi connectivity index (χ0n) is 18.9. The van der Waals surface area contributed by atoms with Crippen molar-refractivity contribution in [2.75, 3.05) is 49.1 Å². The minimum Gasteiger partial charge on any atom is -0.360 e. The molecule has 0 saturated carbocycles. The lowest BCUT2D eigenvalue weighted by atomic mass is 10.3. The molecule has 1 aliphatic rings. The smallest absolute Gasteiger partial charge is 0.243 e. The van der Waals surface area contributed by atoms with Crippen molar-refractivity contribution in [3.8, 4) is 0 Å². The number of carbonyl (C=O) groups excluding carboxylic acids is 2. The van der Waals surface area contributed by atoms with Gasteiger partial charge in [0.25, 0.3) is 0 Å². The molecule has 0 spiro atoms. The van der Waals surface area contributed by atoms with Gasteiger partial charge < -0.3 is 20.1 Å². The highest BCUT2D eigenvalue weighted by molar-refractivity contribution is 8.01. The number of hydrogen-bond donors (Lipinski definition) is 2. The number of aryl methyl sites for hydroxylation is 1. The molecule has 2 N–H and O–H groups in total. The average Bonchev–Trinajstić information content (AvgIpc) is 3.22. The second kappa shape index (κ2) is 11.1. The summed E-state index contributed by atoms with van der Waals surface area (Å²) in [5, 5.41) is 8.58. The molecule has 0 radical (unpaired) electrons. The molecule has 10 nitrogen and oxygen atoms in total. The summed E-state index contributed by atoms with van der Waals surface area (Å²) in [5.74, 6) is 0.409. The highest BCUT2D eigenvalue weighted by atomic mass is 32.2. The first-order chi connectivity index (χ1) is 15.7. The van der Waals surface area contributed by atoms with E-state index in [0.29, 0.717) is 30.4 Å². The molecule has 180 valence electrons. The Morgan fingerprint density at radius 1 is 1.15 bits per heavy atom. The van der Waals surface area contributed by atoms with E-state index in [4.69, 9.17) is 4.52 Å². The average molecular weight is 496 g/mol. The molecule has 33 heavy (non-hydrogen) atoms. The number of carbonyl (C=O) groups is 2. The van der Waals surface area contributed by atoms with Gasteiger partial charge in [0.15, 0.2) is 5.82 Å². The van der Waals surface area contributed by atoms with Crippen molar-refractivity contribution in [3.05, 3.63) is 36.1 Å². The van der Waals surface area contributed by atoms with Gasteiger partial charge in [0.05, 0.1) is 15.9 Å². The molecule has 0 bridgehead atoms. The van der Waals surface area contributed by atoms with Gasteiger partial charge in [-0.1, -0.05) is 12.1 Å². The molecule has 2 heterocycles. The van der Waals surface area contributed by atoms with Gasteiger partial charge in [0.1, 0.15) is 5.76 Å². The molecule has 2 aromatic rings. The van der Waals surface area contributed by atoms with E-state index in [2.05, 4.69) is 27.6 Å². The first-order valence-corrected chi connectivity index (χ1v) is 13.2. The third-order valence-corrected chi connectivity index (χ3v) is 8.32. The van der Waals surface area contributed by atoms with Crippen LogP contribution in [0, 0.1) is 6.92 Å². The van der Waals surface area contributed by atoms with Crippen LogP contribution in [0.2, 0.25) is 0 Å². The molecule has 1 aromatic carbocycles. The van der Waals surface area contributed by atoms with Crippen LogP contribution >= 0.6 is 11.8 Å². The summed E-state index contributed by atoms with van der Waals surface area (Å²) in [4.78, 5) is 26.9. The topological polar surface area (TPSA) is 125 Å². The molecule has 1 saturated heterocycles. The lowest BCUT2D eigenvalue weighted by molar-refractivity contribution is -0.115. The zero-order valence-corrected chi connectivity index (χ0v) is 20.5. The van der Waals surface area contributed by atoms with Crippen molar-refractivity contribution < 1.29 is 22.5 Å². The van der Waals surface area contributed by atoms with E-state index < -0.39 is 15.3 Å². The molecule has 1 aromatic heterocycles. The van der Waals surface area contributed by atoms with Crippen LogP contribution < -0.4 is 10.6 Å². The van der Waals surface area contributed by atoms with Crippen LogP contribution in [0.4, 0.5) is 11.5 Å². The summed E-state index contributed by atoms with van der Waals surface area (Å²) < 4.78 is 32.1. The maximum Gasteiger partial charge on any atom is 0.243 e. The van der Waals surface area contributed by atoms with Gasteiger partial charge in [-0.2, -0.15) is 4.31 Å². The van der Waals surface area contributed by atoms with Crippen LogP contribution in [0.5, 0.6) is 0 Å². The monoisotopic (exact) mass is 495 g/mol. The van der Waals surface area contributed by atoms with Gasteiger partial charge in [-0.3, -0.25) is 9.59 Å². The number of anilines is 2. The molecular formula is C21H29N5O5S2. The number of piperazine rings is 1. The van der Waals surface area contributed by atoms with Crippen molar-refractivity contribution in [3.63, 3.8) is 0 Å². The first kappa shape index (κ1) is 25.2. The number of amides is 2. The van der Waals surface area contributed by atoms with Crippen molar-refractivity contribution in [2.45, 2.75) is 30.9 Å². The van der Waals surface area contributed by atoms with Crippen LogP contribution in [0.25, 0.3) is 0 Å². The van der Waals surface area contributed by atoms with E-state index in [1.165, 1.54) is 28.2 Å². The minimum absolute atomic E-state index is 0.0637. The van der Waals surface area contributed by atoms with Gasteiger partial charge >= 0.3 is 0 Å². The van der Waals surface area contributed by atoms with Crippen LogP contribution in [0.3, 0.4) is 0 Å². The molecular weight excluding hydrogens is 466 g/mol. The third kappa shape index (κ3) is 6.79. The van der Waals surface area contributed by atoms with E-state index in [1.54, 1.807) is 32.0 Å². The Kier molecular flexibility index (Phi) is 8.51. The number of nitrogens with one attached hydrogen (secondary N) is 2. The van der Waals surface area contributed by atoms with Gasteiger partial charge in [-0.05, 0) is 44.7 Å². The second-order valence-corrected chi connectivity index (χ2v) is 10.9. The van der Waals surface area contributed by atoms with Crippen LogP contribution in [-0.4, -0.2) is 78.3 Å². The van der Waals surface area contributed by atoms with Gasteiger partial charge in [-0.25, -0.2) is 8.42 Å². The number of benzene rings is 1. The van der Waals surface area contributed by atoms with E-state index in [-0.39, 0.29) is 22.5 Å². The molecule has 3 rings (SSSR count). The number of rotatable bonds is 9. The molecule has 1 unspecified atom stereocenters. The Balaban J connectivity index is 1.48. The van der Waals surface area contributed by atoms with Gasteiger partial charge in [0.2, 0.25) is 21.8 Å². The van der Waals surface area contributed by atoms with Crippen LogP contribution in [0.15, 0.2) is 39.8 Å². The van der Waals surface area contributed by atoms with Crippen molar-refractivity contribution in [1.29, 1.82) is 0 Å². The standard InChI is InChI=1S/C21H29N5O5S2/c1-4-25-9-11-26(12-10-25)33(29,30)18-7-5-17(6-8-18)22-20(27)14-32-16(3)21(28)23-19-13-15(2)31-24-19/h5-8,13,16H,4,9-12,14H2,1-3H3,(H,22,27)(H,23,24,28). The quantitative estimate of drug-likeness (QED) is 0.541. The van der Waals surface area contributed by atoms with E-state index in [0.717, 1.165) is 19.6 Å². The first-order valence-electron chi connectivity index (χ1n) is 10.7. The fourth-order valence-electron chi connectivity index (χ4n) is 3.27. The number of thioether (sulfide) groups is 1. The van der Waals surface area contributed by atoms with Gasteiger partial charge in [-0.15, -0.1) is 11.8 Å². The van der Waals surface area contributed by atoms with E-state index >= 15 is 0 Å². The minimum atomic E-state index is -3.56. The van der Waals surface area contributed by atoms with Crippen molar-refractivity contribution >= 4 is 45.1 Å². The molecule has 1 aliphatic heterocycles. The summed E-state index contributed by atoms with van der Waals surface area (Å²) >= 11 is 1.18. The molecule has 0 aliphatic carbocycles. The number of nitrogens with zero attached hydrogens (tertiary/aromatic N) is 3. The number of hydrogen-bond acceptors (Lipinski definition) is 8. The summed E-state index contributed by atoms with van der Waals surface area (Å²) in [7, 11) is -3.56. The highest BCUT2D eigenvalue weighted by Gasteiger charge is 2.28. The zero-order chi connectivity index (χ0) is 24.0. The van der Waals surface area contributed by atoms with E-state index in [1.807, 2.05) is 0 Å². The second-order valence-electron chi connectivity index (χ2n) is 7.68. The Morgan fingerprint density at radius 3 is 2.39 bits per heavy atom. The molecule has 2 amide bonds. The largest absolute Gasteiger partial charge is 0.360 e. The Hall–Kier alpha value is -2.41. The maximum absolute atomic E-state index is 12.9. The summed E-state index contributed by atoms with van der Waals surface area (Å²) in [6.45, 7) is 8.76. The third-order valence-electron chi connectivity index (χ3n) is 5.27. The molecule has 1 atom stereocenters. The SMILES string of the molecule is CCN1CCN(S(=O)(=O)c2ccc(NC(=O)CSC(C)C(=O)Nc3cc(C)on3)cc2)CC1. The molecule has 12 heteroatoms. The Labute approximate surface area is 198 Å². The summed E-state index contributed by atoms with van der Waals surface area (Å²) in [5.41, 5.74) is 0.491. The maximum atomic E-state index is 12.9. The number of sulfonamides is 1. The fourth-order valence-corrected chi connectivity index (χ4v) is 5.38. The lowest BCUT2D eigenvalue weighted by Crippen LogP contribution is -2.48. The highest BCUT2D eigenvalue weighted by Crippen LogP contribution is 2.20. The van der Waals surface area contributed by atoms with Crippen molar-refractivity contribution in [1.82, 2.24) is 14.4 Å².